The highest BCUT2D eigenvalue weighted by atomic mass is 35.5. The standard InChI is InChI=1S/C12H14ClN3OS/c13-10-6-12-8(5-11(10)14)7-16(15-12)9-1-3-18(17)4-2-9/h5-7,9H,1-4,14H2. The lowest BCUT2D eigenvalue weighted by atomic mass is 10.2. The molecule has 1 aliphatic heterocycles. The van der Waals surface area contributed by atoms with E-state index in [2.05, 4.69) is 5.10 Å². The molecule has 1 aliphatic rings. The average Bonchev–Trinajstić information content (AvgIpc) is 2.73. The van der Waals surface area contributed by atoms with E-state index in [9.17, 15) is 4.21 Å². The van der Waals surface area contributed by atoms with Gasteiger partial charge in [-0.1, -0.05) is 11.6 Å². The normalized spacial score (nSPS) is 24.5. The molecule has 2 heterocycles. The largest absolute Gasteiger partial charge is 0.398 e. The van der Waals surface area contributed by atoms with Crippen LogP contribution in [0, 0.1) is 0 Å². The number of halogens is 1. The fraction of sp³-hybridized carbons (Fsp3) is 0.417. The Bertz CT molecular complexity index is 576. The first-order chi connectivity index (χ1) is 8.63. The van der Waals surface area contributed by atoms with Gasteiger partial charge in [0.25, 0.3) is 0 Å². The second kappa shape index (κ2) is 4.55. The highest BCUT2D eigenvalue weighted by Gasteiger charge is 2.20. The first-order valence-electron chi connectivity index (χ1n) is 5.92. The lowest BCUT2D eigenvalue weighted by molar-refractivity contribution is 0.424. The zero-order valence-electron chi connectivity index (χ0n) is 9.80. The van der Waals surface area contributed by atoms with E-state index >= 15 is 0 Å². The molecular formula is C12H14ClN3OS. The lowest BCUT2D eigenvalue weighted by Gasteiger charge is -2.21. The number of hydrogen-bond acceptors (Lipinski definition) is 3. The zero-order chi connectivity index (χ0) is 12.7. The molecule has 1 fully saturated rings. The highest BCUT2D eigenvalue weighted by Crippen LogP contribution is 2.28. The second-order valence-corrected chi connectivity index (χ2v) is 6.72. The molecule has 0 saturated carbocycles. The number of anilines is 1. The van der Waals surface area contributed by atoms with Crippen LogP contribution in [-0.4, -0.2) is 25.5 Å². The van der Waals surface area contributed by atoms with E-state index in [4.69, 9.17) is 17.3 Å². The van der Waals surface area contributed by atoms with Gasteiger partial charge in [-0.2, -0.15) is 5.10 Å². The van der Waals surface area contributed by atoms with Crippen molar-refractivity contribution in [3.63, 3.8) is 0 Å². The van der Waals surface area contributed by atoms with Crippen LogP contribution in [0.4, 0.5) is 5.69 Å². The number of benzene rings is 1. The van der Waals surface area contributed by atoms with Crippen LogP contribution in [0.3, 0.4) is 0 Å². The Labute approximate surface area is 113 Å². The van der Waals surface area contributed by atoms with Crippen molar-refractivity contribution >= 4 is 39.0 Å². The summed E-state index contributed by atoms with van der Waals surface area (Å²) in [7, 11) is -0.642. The molecule has 1 saturated heterocycles. The molecular weight excluding hydrogens is 270 g/mol. The molecule has 2 N–H and O–H groups in total. The van der Waals surface area contributed by atoms with E-state index in [1.807, 2.05) is 16.9 Å². The highest BCUT2D eigenvalue weighted by molar-refractivity contribution is 7.85. The first kappa shape index (κ1) is 12.0. The molecule has 96 valence electrons. The topological polar surface area (TPSA) is 60.9 Å². The summed E-state index contributed by atoms with van der Waals surface area (Å²) in [4.78, 5) is 0. The van der Waals surface area contributed by atoms with Gasteiger partial charge in [-0.3, -0.25) is 8.89 Å². The Hall–Kier alpha value is -1.07. The van der Waals surface area contributed by atoms with E-state index in [-0.39, 0.29) is 0 Å². The van der Waals surface area contributed by atoms with Gasteiger partial charge in [0.1, 0.15) is 0 Å². The summed E-state index contributed by atoms with van der Waals surface area (Å²) in [5, 5.41) is 6.08. The average molecular weight is 284 g/mol. The molecule has 6 heteroatoms. The summed E-state index contributed by atoms with van der Waals surface area (Å²) < 4.78 is 13.3. The van der Waals surface area contributed by atoms with Crippen LogP contribution in [0.1, 0.15) is 18.9 Å². The summed E-state index contributed by atoms with van der Waals surface area (Å²) in [6, 6.07) is 3.99. The first-order valence-corrected chi connectivity index (χ1v) is 7.79. The minimum atomic E-state index is -0.642. The molecule has 0 bridgehead atoms. The third kappa shape index (κ3) is 2.12. The summed E-state index contributed by atoms with van der Waals surface area (Å²) in [6.45, 7) is 0. The van der Waals surface area contributed by atoms with E-state index in [0.717, 1.165) is 35.3 Å². The van der Waals surface area contributed by atoms with Crippen molar-refractivity contribution < 1.29 is 4.21 Å². The van der Waals surface area contributed by atoms with Gasteiger partial charge < -0.3 is 5.73 Å². The second-order valence-electron chi connectivity index (χ2n) is 4.62. The summed E-state index contributed by atoms with van der Waals surface area (Å²) >= 11 is 5.99. The minimum Gasteiger partial charge on any atom is -0.398 e. The fourth-order valence-corrected chi connectivity index (χ4v) is 3.75. The summed E-state index contributed by atoms with van der Waals surface area (Å²) in [6.07, 6.45) is 3.84. The van der Waals surface area contributed by atoms with Gasteiger partial charge in [-0.15, -0.1) is 0 Å². The van der Waals surface area contributed by atoms with Gasteiger partial charge >= 0.3 is 0 Å². The molecule has 1 aromatic carbocycles. The summed E-state index contributed by atoms with van der Waals surface area (Å²) in [5.74, 6) is 1.54. The van der Waals surface area contributed by atoms with Crippen LogP contribution in [0.5, 0.6) is 0 Å². The monoisotopic (exact) mass is 283 g/mol. The van der Waals surface area contributed by atoms with Crippen LogP contribution >= 0.6 is 11.6 Å². The summed E-state index contributed by atoms with van der Waals surface area (Å²) in [5.41, 5.74) is 7.22. The molecule has 0 aliphatic carbocycles. The van der Waals surface area contributed by atoms with Crippen LogP contribution in [0.25, 0.3) is 10.9 Å². The van der Waals surface area contributed by atoms with Crippen LogP contribution in [0.2, 0.25) is 5.02 Å². The zero-order valence-corrected chi connectivity index (χ0v) is 11.4. The van der Waals surface area contributed by atoms with Crippen molar-refractivity contribution in [3.8, 4) is 0 Å². The third-order valence-corrected chi connectivity index (χ3v) is 5.08. The molecule has 0 amide bonds. The van der Waals surface area contributed by atoms with Crippen molar-refractivity contribution in [1.29, 1.82) is 0 Å². The Kier molecular flexibility index (Phi) is 3.03. The number of hydrogen-bond donors (Lipinski definition) is 1. The lowest BCUT2D eigenvalue weighted by Crippen LogP contribution is -2.21. The van der Waals surface area contributed by atoms with Gasteiger partial charge in [-0.05, 0) is 25.0 Å². The maximum atomic E-state index is 11.3. The molecule has 2 aromatic rings. The van der Waals surface area contributed by atoms with E-state index in [1.165, 1.54) is 0 Å². The van der Waals surface area contributed by atoms with Crippen molar-refractivity contribution in [3.05, 3.63) is 23.4 Å². The quantitative estimate of drug-likeness (QED) is 0.817. The van der Waals surface area contributed by atoms with Gasteiger partial charge in [0.2, 0.25) is 0 Å². The maximum Gasteiger partial charge on any atom is 0.0939 e. The molecule has 0 radical (unpaired) electrons. The van der Waals surface area contributed by atoms with Crippen molar-refractivity contribution in [2.75, 3.05) is 17.2 Å². The molecule has 1 aromatic heterocycles. The van der Waals surface area contributed by atoms with Gasteiger partial charge in [-0.25, -0.2) is 0 Å². The number of aromatic nitrogens is 2. The van der Waals surface area contributed by atoms with Gasteiger partial charge in [0.05, 0.1) is 22.3 Å². The SMILES string of the molecule is Nc1cc2cn(C3CCS(=O)CC3)nc2cc1Cl. The predicted octanol–water partition coefficient (Wildman–Crippen LogP) is 2.36. The number of nitrogen functional groups attached to an aromatic ring is 1. The van der Waals surface area contributed by atoms with Crippen molar-refractivity contribution in [2.45, 2.75) is 18.9 Å². The van der Waals surface area contributed by atoms with Gasteiger partial charge in [0.15, 0.2) is 0 Å². The number of nitrogens with two attached hydrogens (primary N) is 1. The predicted molar refractivity (Wildman–Crippen MR) is 75.3 cm³/mol. The maximum absolute atomic E-state index is 11.3. The Morgan fingerprint density at radius 2 is 2.11 bits per heavy atom. The van der Waals surface area contributed by atoms with Crippen LogP contribution < -0.4 is 5.73 Å². The van der Waals surface area contributed by atoms with E-state index in [1.54, 1.807) is 6.07 Å². The van der Waals surface area contributed by atoms with E-state index in [0.29, 0.717) is 16.8 Å². The van der Waals surface area contributed by atoms with Crippen molar-refractivity contribution in [1.82, 2.24) is 9.78 Å². The molecule has 0 unspecified atom stereocenters. The van der Waals surface area contributed by atoms with Crippen LogP contribution in [0.15, 0.2) is 18.3 Å². The Morgan fingerprint density at radius 1 is 1.39 bits per heavy atom. The minimum absolute atomic E-state index is 0.343. The molecule has 4 nitrogen and oxygen atoms in total. The molecule has 0 spiro atoms. The number of nitrogens with zero attached hydrogens (tertiary/aromatic N) is 2. The number of fused-ring (bicyclic) bond motifs is 1. The molecule has 3 rings (SSSR count). The fourth-order valence-electron chi connectivity index (χ4n) is 2.32. The van der Waals surface area contributed by atoms with E-state index < -0.39 is 10.8 Å². The molecule has 18 heavy (non-hydrogen) atoms. The Balaban J connectivity index is 1.96. The Morgan fingerprint density at radius 3 is 2.83 bits per heavy atom. The number of rotatable bonds is 1. The van der Waals surface area contributed by atoms with Crippen molar-refractivity contribution in [2.24, 2.45) is 0 Å². The van der Waals surface area contributed by atoms with Crippen LogP contribution in [-0.2, 0) is 10.8 Å². The molecule has 0 atom stereocenters. The van der Waals surface area contributed by atoms with Gasteiger partial charge in [0, 0.05) is 33.9 Å². The smallest absolute Gasteiger partial charge is 0.0939 e. The third-order valence-electron chi connectivity index (χ3n) is 3.37.